The van der Waals surface area contributed by atoms with Crippen molar-refractivity contribution in [1.82, 2.24) is 10.2 Å². The Morgan fingerprint density at radius 3 is 2.38 bits per heavy atom. The largest absolute Gasteiger partial charge is 0.319 e. The minimum absolute atomic E-state index is 0.465. The van der Waals surface area contributed by atoms with Crippen molar-refractivity contribution in [3.63, 3.8) is 0 Å². The van der Waals surface area contributed by atoms with Crippen molar-refractivity contribution in [2.75, 3.05) is 26.7 Å². The number of nitrogens with one attached hydrogen (secondary N) is 1. The maximum atomic E-state index is 3.37. The van der Waals surface area contributed by atoms with Crippen molar-refractivity contribution < 1.29 is 0 Å². The van der Waals surface area contributed by atoms with Crippen molar-refractivity contribution in [3.05, 3.63) is 0 Å². The standard InChI is InChI=1S/C14H28N2/c1-4-14(2,10-15-3)11-16(13-7-8-13)9-12-5-6-12/h12-13,15H,4-11H2,1-3H3. The number of nitrogens with zero attached hydrogens (tertiary/aromatic N) is 1. The van der Waals surface area contributed by atoms with Crippen molar-refractivity contribution >= 4 is 0 Å². The Morgan fingerprint density at radius 1 is 1.25 bits per heavy atom. The van der Waals surface area contributed by atoms with Crippen LogP contribution in [0.3, 0.4) is 0 Å². The van der Waals surface area contributed by atoms with Crippen LogP contribution < -0.4 is 5.32 Å². The third-order valence-corrected chi connectivity index (χ3v) is 4.29. The first kappa shape index (κ1) is 12.4. The van der Waals surface area contributed by atoms with Crippen molar-refractivity contribution in [2.24, 2.45) is 11.3 Å². The average Bonchev–Trinajstić information content (AvgIpc) is 3.10. The minimum Gasteiger partial charge on any atom is -0.319 e. The van der Waals surface area contributed by atoms with Gasteiger partial charge >= 0.3 is 0 Å². The van der Waals surface area contributed by atoms with E-state index in [1.807, 2.05) is 0 Å². The van der Waals surface area contributed by atoms with Gasteiger partial charge in [-0.25, -0.2) is 0 Å². The first-order valence-corrected chi connectivity index (χ1v) is 7.05. The van der Waals surface area contributed by atoms with Crippen LogP contribution >= 0.6 is 0 Å². The van der Waals surface area contributed by atoms with Gasteiger partial charge in [0.1, 0.15) is 0 Å². The molecule has 0 aliphatic heterocycles. The topological polar surface area (TPSA) is 15.3 Å². The molecule has 0 bridgehead atoms. The molecule has 1 unspecified atom stereocenters. The summed E-state index contributed by atoms with van der Waals surface area (Å²) >= 11 is 0. The van der Waals surface area contributed by atoms with Gasteiger partial charge in [-0.1, -0.05) is 13.8 Å². The molecular formula is C14H28N2. The molecule has 0 aromatic rings. The Morgan fingerprint density at radius 2 is 1.94 bits per heavy atom. The Hall–Kier alpha value is -0.0800. The van der Waals surface area contributed by atoms with Gasteiger partial charge in [0, 0.05) is 25.7 Å². The SMILES string of the molecule is CCC(C)(CNC)CN(CC1CC1)C1CC1. The van der Waals surface area contributed by atoms with Crippen LogP contribution in [0.4, 0.5) is 0 Å². The van der Waals surface area contributed by atoms with Gasteiger partial charge in [-0.3, -0.25) is 4.90 Å². The lowest BCUT2D eigenvalue weighted by atomic mass is 9.86. The van der Waals surface area contributed by atoms with Gasteiger partial charge in [0.2, 0.25) is 0 Å². The van der Waals surface area contributed by atoms with E-state index in [2.05, 4.69) is 31.1 Å². The molecule has 0 spiro atoms. The highest BCUT2D eigenvalue weighted by Crippen LogP contribution is 2.37. The third-order valence-electron chi connectivity index (χ3n) is 4.29. The van der Waals surface area contributed by atoms with E-state index >= 15 is 0 Å². The normalized spacial score (nSPS) is 24.8. The molecule has 16 heavy (non-hydrogen) atoms. The van der Waals surface area contributed by atoms with Gasteiger partial charge in [0.15, 0.2) is 0 Å². The van der Waals surface area contributed by atoms with Crippen LogP contribution in [-0.4, -0.2) is 37.6 Å². The first-order chi connectivity index (χ1) is 7.67. The van der Waals surface area contributed by atoms with E-state index < -0.39 is 0 Å². The van der Waals surface area contributed by atoms with Gasteiger partial charge in [-0.05, 0) is 50.5 Å². The molecule has 0 amide bonds. The Bertz CT molecular complexity index is 221. The molecule has 1 N–H and O–H groups in total. The summed E-state index contributed by atoms with van der Waals surface area (Å²) in [4.78, 5) is 2.79. The summed E-state index contributed by atoms with van der Waals surface area (Å²) in [6, 6.07) is 0.934. The second-order valence-electron chi connectivity index (χ2n) is 6.30. The third kappa shape index (κ3) is 3.46. The van der Waals surface area contributed by atoms with Crippen molar-refractivity contribution in [2.45, 2.75) is 52.0 Å². The predicted octanol–water partition coefficient (Wildman–Crippen LogP) is 2.50. The molecule has 2 aliphatic carbocycles. The first-order valence-electron chi connectivity index (χ1n) is 7.05. The van der Waals surface area contributed by atoms with E-state index in [0.717, 1.165) is 18.5 Å². The fourth-order valence-corrected chi connectivity index (χ4v) is 2.62. The molecule has 2 fully saturated rings. The second-order valence-corrected chi connectivity index (χ2v) is 6.30. The lowest BCUT2D eigenvalue weighted by molar-refractivity contribution is 0.145. The monoisotopic (exact) mass is 224 g/mol. The van der Waals surface area contributed by atoms with Gasteiger partial charge in [0.25, 0.3) is 0 Å². The summed E-state index contributed by atoms with van der Waals surface area (Å²) in [5.74, 6) is 1.04. The summed E-state index contributed by atoms with van der Waals surface area (Å²) in [6.45, 7) is 8.60. The molecule has 2 heteroatoms. The predicted molar refractivity (Wildman–Crippen MR) is 69.6 cm³/mol. The quantitative estimate of drug-likeness (QED) is 0.681. The Labute approximate surface area is 101 Å². The smallest absolute Gasteiger partial charge is 0.00967 e. The van der Waals surface area contributed by atoms with E-state index in [0.29, 0.717) is 5.41 Å². The Balaban J connectivity index is 1.86. The van der Waals surface area contributed by atoms with E-state index in [1.54, 1.807) is 0 Å². The zero-order valence-electron chi connectivity index (χ0n) is 11.3. The van der Waals surface area contributed by atoms with Crippen molar-refractivity contribution in [3.8, 4) is 0 Å². The van der Waals surface area contributed by atoms with Crippen LogP contribution in [0.15, 0.2) is 0 Å². The molecule has 2 rings (SSSR count). The van der Waals surface area contributed by atoms with Gasteiger partial charge in [0.05, 0.1) is 0 Å². The van der Waals surface area contributed by atoms with Crippen molar-refractivity contribution in [1.29, 1.82) is 0 Å². The summed E-state index contributed by atoms with van der Waals surface area (Å²) in [7, 11) is 2.08. The van der Waals surface area contributed by atoms with E-state index in [4.69, 9.17) is 0 Å². The van der Waals surface area contributed by atoms with E-state index in [9.17, 15) is 0 Å². The average molecular weight is 224 g/mol. The fraction of sp³-hybridized carbons (Fsp3) is 1.00. The maximum Gasteiger partial charge on any atom is 0.00967 e. The molecule has 0 radical (unpaired) electrons. The van der Waals surface area contributed by atoms with Crippen LogP contribution in [0, 0.1) is 11.3 Å². The molecule has 2 saturated carbocycles. The van der Waals surface area contributed by atoms with Gasteiger partial charge in [-0.2, -0.15) is 0 Å². The van der Waals surface area contributed by atoms with E-state index in [1.165, 1.54) is 45.2 Å². The zero-order chi connectivity index (χ0) is 11.6. The van der Waals surface area contributed by atoms with Crippen LogP contribution in [0.5, 0.6) is 0 Å². The summed E-state index contributed by atoms with van der Waals surface area (Å²) in [5, 5.41) is 3.37. The lowest BCUT2D eigenvalue weighted by Crippen LogP contribution is -2.43. The fourth-order valence-electron chi connectivity index (χ4n) is 2.62. The lowest BCUT2D eigenvalue weighted by Gasteiger charge is -2.35. The highest BCUT2D eigenvalue weighted by Gasteiger charge is 2.36. The Kier molecular flexibility index (Phi) is 3.91. The minimum atomic E-state index is 0.465. The second kappa shape index (κ2) is 5.05. The molecular weight excluding hydrogens is 196 g/mol. The highest BCUT2D eigenvalue weighted by atomic mass is 15.2. The van der Waals surface area contributed by atoms with E-state index in [-0.39, 0.29) is 0 Å². The van der Waals surface area contributed by atoms with Crippen LogP contribution in [0.25, 0.3) is 0 Å². The van der Waals surface area contributed by atoms with Gasteiger partial charge in [-0.15, -0.1) is 0 Å². The number of hydrogen-bond acceptors (Lipinski definition) is 2. The molecule has 2 aliphatic rings. The molecule has 0 aromatic carbocycles. The molecule has 94 valence electrons. The van der Waals surface area contributed by atoms with Crippen LogP contribution in [-0.2, 0) is 0 Å². The summed E-state index contributed by atoms with van der Waals surface area (Å²) in [5.41, 5.74) is 0.465. The zero-order valence-corrected chi connectivity index (χ0v) is 11.3. The van der Waals surface area contributed by atoms with Gasteiger partial charge < -0.3 is 5.32 Å². The number of hydrogen-bond donors (Lipinski definition) is 1. The molecule has 2 nitrogen and oxygen atoms in total. The maximum absolute atomic E-state index is 3.37. The highest BCUT2D eigenvalue weighted by molar-refractivity contribution is 4.91. The van der Waals surface area contributed by atoms with Crippen LogP contribution in [0.2, 0.25) is 0 Å². The molecule has 1 atom stereocenters. The summed E-state index contributed by atoms with van der Waals surface area (Å²) in [6.07, 6.45) is 7.15. The number of rotatable bonds is 8. The molecule has 0 heterocycles. The molecule has 0 saturated heterocycles. The molecule has 0 aromatic heterocycles. The van der Waals surface area contributed by atoms with Crippen LogP contribution in [0.1, 0.15) is 46.0 Å². The summed E-state index contributed by atoms with van der Waals surface area (Å²) < 4.78 is 0.